The molecular formula is C20H21N3O4. The van der Waals surface area contributed by atoms with E-state index >= 15 is 0 Å². The maximum absolute atomic E-state index is 12.4. The van der Waals surface area contributed by atoms with Gasteiger partial charge < -0.3 is 20.6 Å². The molecule has 7 nitrogen and oxygen atoms in total. The third-order valence-electron chi connectivity index (χ3n) is 3.65. The van der Waals surface area contributed by atoms with Gasteiger partial charge in [0.25, 0.3) is 11.8 Å². The molecule has 0 bridgehead atoms. The van der Waals surface area contributed by atoms with E-state index in [9.17, 15) is 14.4 Å². The number of nitrogens with one attached hydrogen (secondary N) is 2. The van der Waals surface area contributed by atoms with E-state index in [4.69, 9.17) is 5.11 Å². The second-order valence-corrected chi connectivity index (χ2v) is 5.94. The standard InChI is InChI=1S/C20H21N3O4/c1-23(2)16-10-8-14(9-11-16)12-17(20(27)21-13-18(24)25)22-19(26)15-6-4-3-5-7-15/h3-12H,13H2,1-2H3,(H,21,27)(H,22,26)(H,24,25)/b17-12+. The van der Waals surface area contributed by atoms with Crippen LogP contribution in [0.3, 0.4) is 0 Å². The number of hydrogen-bond donors (Lipinski definition) is 3. The van der Waals surface area contributed by atoms with Gasteiger partial charge in [-0.05, 0) is 35.9 Å². The fourth-order valence-corrected chi connectivity index (χ4v) is 2.23. The van der Waals surface area contributed by atoms with Crippen LogP contribution < -0.4 is 15.5 Å². The van der Waals surface area contributed by atoms with Crippen LogP contribution in [-0.2, 0) is 9.59 Å². The Labute approximate surface area is 157 Å². The van der Waals surface area contributed by atoms with Gasteiger partial charge in [0.05, 0.1) is 0 Å². The summed E-state index contributed by atoms with van der Waals surface area (Å²) >= 11 is 0. The topological polar surface area (TPSA) is 98.7 Å². The van der Waals surface area contributed by atoms with Crippen molar-refractivity contribution in [2.45, 2.75) is 0 Å². The first-order valence-corrected chi connectivity index (χ1v) is 8.22. The van der Waals surface area contributed by atoms with E-state index in [1.807, 2.05) is 31.1 Å². The van der Waals surface area contributed by atoms with E-state index in [0.29, 0.717) is 11.1 Å². The summed E-state index contributed by atoms with van der Waals surface area (Å²) in [7, 11) is 3.82. The van der Waals surface area contributed by atoms with Crippen molar-refractivity contribution in [2.75, 3.05) is 25.5 Å². The molecule has 2 rings (SSSR count). The smallest absolute Gasteiger partial charge is 0.322 e. The van der Waals surface area contributed by atoms with E-state index in [-0.39, 0.29) is 5.70 Å². The zero-order valence-corrected chi connectivity index (χ0v) is 15.1. The number of amides is 2. The molecule has 0 atom stereocenters. The van der Waals surface area contributed by atoms with Gasteiger partial charge in [-0.2, -0.15) is 0 Å². The molecule has 0 unspecified atom stereocenters. The maximum atomic E-state index is 12.4. The minimum Gasteiger partial charge on any atom is -0.480 e. The molecule has 0 saturated heterocycles. The first-order valence-electron chi connectivity index (χ1n) is 8.22. The van der Waals surface area contributed by atoms with E-state index < -0.39 is 24.3 Å². The van der Waals surface area contributed by atoms with Crippen molar-refractivity contribution in [3.05, 3.63) is 71.4 Å². The number of carbonyl (C=O) groups is 3. The van der Waals surface area contributed by atoms with Crippen molar-refractivity contribution in [3.63, 3.8) is 0 Å². The van der Waals surface area contributed by atoms with Crippen LogP contribution in [0.25, 0.3) is 6.08 Å². The molecule has 3 N–H and O–H groups in total. The first kappa shape index (κ1) is 19.7. The van der Waals surface area contributed by atoms with Gasteiger partial charge in [-0.3, -0.25) is 14.4 Å². The SMILES string of the molecule is CN(C)c1ccc(/C=C(/NC(=O)c2ccccc2)C(=O)NCC(=O)O)cc1. The Kier molecular flexibility index (Phi) is 6.71. The predicted molar refractivity (Wildman–Crippen MR) is 103 cm³/mol. The third-order valence-corrected chi connectivity index (χ3v) is 3.65. The molecule has 0 spiro atoms. The zero-order valence-electron chi connectivity index (χ0n) is 15.1. The molecule has 0 aliphatic rings. The highest BCUT2D eigenvalue weighted by Crippen LogP contribution is 2.14. The summed E-state index contributed by atoms with van der Waals surface area (Å²) < 4.78 is 0. The van der Waals surface area contributed by atoms with Crippen molar-refractivity contribution in [2.24, 2.45) is 0 Å². The Morgan fingerprint density at radius 2 is 1.63 bits per heavy atom. The van der Waals surface area contributed by atoms with Crippen LogP contribution in [0.1, 0.15) is 15.9 Å². The second-order valence-electron chi connectivity index (χ2n) is 5.94. The quantitative estimate of drug-likeness (QED) is 0.647. The Morgan fingerprint density at radius 1 is 1.00 bits per heavy atom. The second kappa shape index (κ2) is 9.19. The van der Waals surface area contributed by atoms with Gasteiger partial charge in [0, 0.05) is 25.3 Å². The van der Waals surface area contributed by atoms with Crippen molar-refractivity contribution in [1.82, 2.24) is 10.6 Å². The molecule has 0 heterocycles. The molecule has 0 radical (unpaired) electrons. The maximum Gasteiger partial charge on any atom is 0.322 e. The highest BCUT2D eigenvalue weighted by atomic mass is 16.4. The summed E-state index contributed by atoms with van der Waals surface area (Å²) in [6.07, 6.45) is 1.50. The van der Waals surface area contributed by atoms with Gasteiger partial charge in [0.15, 0.2) is 0 Å². The average Bonchev–Trinajstić information content (AvgIpc) is 2.66. The number of hydrogen-bond acceptors (Lipinski definition) is 4. The molecule has 0 aliphatic carbocycles. The van der Waals surface area contributed by atoms with E-state index in [1.54, 1.807) is 42.5 Å². The Bertz CT molecular complexity index is 843. The van der Waals surface area contributed by atoms with Crippen LogP contribution in [0.4, 0.5) is 5.69 Å². The van der Waals surface area contributed by atoms with Crippen LogP contribution in [0.15, 0.2) is 60.3 Å². The van der Waals surface area contributed by atoms with Gasteiger partial charge in [-0.25, -0.2) is 0 Å². The lowest BCUT2D eigenvalue weighted by Gasteiger charge is -2.13. The number of carbonyl (C=O) groups excluding carboxylic acids is 2. The first-order chi connectivity index (χ1) is 12.9. The van der Waals surface area contributed by atoms with E-state index in [2.05, 4.69) is 10.6 Å². The Balaban J connectivity index is 2.26. The lowest BCUT2D eigenvalue weighted by molar-refractivity contribution is -0.137. The lowest BCUT2D eigenvalue weighted by Crippen LogP contribution is -2.37. The molecule has 0 saturated carbocycles. The number of carboxylic acids is 1. The van der Waals surface area contributed by atoms with Crippen molar-refractivity contribution >= 4 is 29.5 Å². The molecule has 0 aliphatic heterocycles. The number of carboxylic acid groups (broad SMARTS) is 1. The van der Waals surface area contributed by atoms with Gasteiger partial charge in [0.2, 0.25) is 0 Å². The summed E-state index contributed by atoms with van der Waals surface area (Å²) in [6, 6.07) is 15.8. The van der Waals surface area contributed by atoms with Crippen LogP contribution in [0.5, 0.6) is 0 Å². The molecule has 2 aromatic rings. The van der Waals surface area contributed by atoms with E-state index in [1.165, 1.54) is 6.08 Å². The minimum atomic E-state index is -1.17. The molecule has 0 aromatic heterocycles. The van der Waals surface area contributed by atoms with Crippen molar-refractivity contribution in [1.29, 1.82) is 0 Å². The number of aliphatic carboxylic acids is 1. The Morgan fingerprint density at radius 3 is 2.19 bits per heavy atom. The summed E-state index contributed by atoms with van der Waals surface area (Å²) in [5.74, 6) is -2.32. The lowest BCUT2D eigenvalue weighted by atomic mass is 10.1. The fourth-order valence-electron chi connectivity index (χ4n) is 2.23. The van der Waals surface area contributed by atoms with Gasteiger partial charge in [-0.1, -0.05) is 30.3 Å². The summed E-state index contributed by atoms with van der Waals surface area (Å²) in [5, 5.41) is 13.6. The molecule has 2 aromatic carbocycles. The Hall–Kier alpha value is -3.61. The zero-order chi connectivity index (χ0) is 19.8. The molecular weight excluding hydrogens is 346 g/mol. The normalized spacial score (nSPS) is 10.8. The number of rotatable bonds is 7. The van der Waals surface area contributed by atoms with E-state index in [0.717, 1.165) is 5.69 Å². The highest BCUT2D eigenvalue weighted by Gasteiger charge is 2.15. The highest BCUT2D eigenvalue weighted by molar-refractivity contribution is 6.05. The molecule has 140 valence electrons. The van der Waals surface area contributed by atoms with Crippen LogP contribution in [-0.4, -0.2) is 43.5 Å². The molecule has 27 heavy (non-hydrogen) atoms. The fraction of sp³-hybridized carbons (Fsp3) is 0.150. The largest absolute Gasteiger partial charge is 0.480 e. The average molecular weight is 367 g/mol. The molecule has 0 fully saturated rings. The summed E-state index contributed by atoms with van der Waals surface area (Å²) in [5.41, 5.74) is 2.02. The van der Waals surface area contributed by atoms with Crippen LogP contribution >= 0.6 is 0 Å². The number of anilines is 1. The predicted octanol–water partition coefficient (Wildman–Crippen LogP) is 1.72. The van der Waals surface area contributed by atoms with Crippen molar-refractivity contribution in [3.8, 4) is 0 Å². The summed E-state index contributed by atoms with van der Waals surface area (Å²) in [4.78, 5) is 37.3. The van der Waals surface area contributed by atoms with Gasteiger partial charge in [-0.15, -0.1) is 0 Å². The number of nitrogens with zero attached hydrogens (tertiary/aromatic N) is 1. The molecule has 7 heteroatoms. The van der Waals surface area contributed by atoms with Crippen molar-refractivity contribution < 1.29 is 19.5 Å². The molecule has 2 amide bonds. The minimum absolute atomic E-state index is 0.0392. The third kappa shape index (κ3) is 6.00. The summed E-state index contributed by atoms with van der Waals surface area (Å²) in [6.45, 7) is -0.545. The monoisotopic (exact) mass is 367 g/mol. The van der Waals surface area contributed by atoms with Crippen LogP contribution in [0.2, 0.25) is 0 Å². The van der Waals surface area contributed by atoms with Crippen LogP contribution in [0, 0.1) is 0 Å². The van der Waals surface area contributed by atoms with Gasteiger partial charge in [0.1, 0.15) is 12.2 Å². The van der Waals surface area contributed by atoms with Gasteiger partial charge >= 0.3 is 5.97 Å². The number of benzene rings is 2.